The highest BCUT2D eigenvalue weighted by Crippen LogP contribution is 2.43. The van der Waals surface area contributed by atoms with Crippen LogP contribution in [-0.2, 0) is 9.59 Å². The number of Topliss-reactive ketones (excluding diaryl/α,β-unsaturated/α-hetero) is 1. The number of methoxy groups -OCH3 is 1. The number of aliphatic hydroxyl groups excluding tert-OH is 1. The lowest BCUT2D eigenvalue weighted by atomic mass is 9.92. The zero-order chi connectivity index (χ0) is 23.0. The minimum atomic E-state index is -0.715. The highest BCUT2D eigenvalue weighted by Gasteiger charge is 2.46. The predicted molar refractivity (Wildman–Crippen MR) is 119 cm³/mol. The number of ether oxygens (including phenoxy) is 3. The predicted octanol–water partition coefficient (Wildman–Crippen LogP) is 3.91. The standard InChI is InChI=1S/C25H27NO6/c1-5-8-26-22(16-6-7-18-20(13-16)32-10-9-31-18)21(24(28)25(26)29)23(27)17-11-15(3)19(30-4)12-14(17)2/h6-7,11-13,22,27H,5,8-10H2,1-4H3/b23-21+. The minimum Gasteiger partial charge on any atom is -0.507 e. The van der Waals surface area contributed by atoms with E-state index in [1.54, 1.807) is 25.3 Å². The van der Waals surface area contributed by atoms with Crippen molar-refractivity contribution in [1.29, 1.82) is 0 Å². The summed E-state index contributed by atoms with van der Waals surface area (Å²) in [4.78, 5) is 27.5. The smallest absolute Gasteiger partial charge is 0.295 e. The van der Waals surface area contributed by atoms with Crippen molar-refractivity contribution in [2.75, 3.05) is 26.9 Å². The quantitative estimate of drug-likeness (QED) is 0.434. The van der Waals surface area contributed by atoms with Crippen LogP contribution in [0.25, 0.3) is 5.76 Å². The van der Waals surface area contributed by atoms with E-state index in [4.69, 9.17) is 14.2 Å². The van der Waals surface area contributed by atoms with Gasteiger partial charge in [0.2, 0.25) is 0 Å². The first-order chi connectivity index (χ1) is 15.4. The van der Waals surface area contributed by atoms with Crippen molar-refractivity contribution in [2.24, 2.45) is 0 Å². The van der Waals surface area contributed by atoms with Gasteiger partial charge in [-0.1, -0.05) is 13.0 Å². The molecular formula is C25H27NO6. The molecule has 1 saturated heterocycles. The van der Waals surface area contributed by atoms with Crippen molar-refractivity contribution < 1.29 is 28.9 Å². The molecule has 1 atom stereocenters. The Morgan fingerprint density at radius 3 is 2.50 bits per heavy atom. The van der Waals surface area contributed by atoms with Gasteiger partial charge in [0.1, 0.15) is 24.7 Å². The van der Waals surface area contributed by atoms with Crippen LogP contribution in [0.1, 0.15) is 41.6 Å². The van der Waals surface area contributed by atoms with E-state index in [-0.39, 0.29) is 11.3 Å². The molecule has 0 spiro atoms. The molecule has 4 rings (SSSR count). The molecule has 0 aromatic heterocycles. The highest BCUT2D eigenvalue weighted by molar-refractivity contribution is 6.46. The first-order valence-electron chi connectivity index (χ1n) is 10.7. The van der Waals surface area contributed by atoms with Crippen molar-refractivity contribution in [3.63, 3.8) is 0 Å². The van der Waals surface area contributed by atoms with Crippen LogP contribution in [0, 0.1) is 13.8 Å². The number of amides is 1. The van der Waals surface area contributed by atoms with E-state index in [9.17, 15) is 14.7 Å². The SMILES string of the molecule is CCCN1C(=O)C(=O)/C(=C(/O)c2cc(C)c(OC)cc2C)C1c1ccc2c(c1)OCCO2. The second kappa shape index (κ2) is 8.57. The number of carbonyl (C=O) groups is 2. The Kier molecular flexibility index (Phi) is 5.82. The summed E-state index contributed by atoms with van der Waals surface area (Å²) >= 11 is 0. The highest BCUT2D eigenvalue weighted by atomic mass is 16.6. The van der Waals surface area contributed by atoms with Crippen molar-refractivity contribution in [3.05, 3.63) is 58.2 Å². The third-order valence-corrected chi connectivity index (χ3v) is 5.88. The molecule has 0 aliphatic carbocycles. The lowest BCUT2D eigenvalue weighted by Crippen LogP contribution is -2.30. The molecule has 1 N–H and O–H groups in total. The fraction of sp³-hybridized carbons (Fsp3) is 0.360. The van der Waals surface area contributed by atoms with E-state index in [1.165, 1.54) is 4.90 Å². The van der Waals surface area contributed by atoms with Gasteiger partial charge in [0.15, 0.2) is 11.5 Å². The first kappa shape index (κ1) is 21.7. The average Bonchev–Trinajstić information content (AvgIpc) is 3.04. The Morgan fingerprint density at radius 2 is 1.81 bits per heavy atom. The van der Waals surface area contributed by atoms with Crippen LogP contribution >= 0.6 is 0 Å². The van der Waals surface area contributed by atoms with E-state index in [0.29, 0.717) is 54.6 Å². The second-order valence-corrected chi connectivity index (χ2v) is 8.03. The maximum Gasteiger partial charge on any atom is 0.295 e. The van der Waals surface area contributed by atoms with E-state index < -0.39 is 17.7 Å². The molecule has 2 aromatic rings. The molecule has 2 heterocycles. The molecule has 0 saturated carbocycles. The fourth-order valence-corrected chi connectivity index (χ4v) is 4.34. The Balaban J connectivity index is 1.89. The van der Waals surface area contributed by atoms with Crippen LogP contribution in [0.4, 0.5) is 0 Å². The van der Waals surface area contributed by atoms with Gasteiger partial charge in [0, 0.05) is 12.1 Å². The largest absolute Gasteiger partial charge is 0.507 e. The van der Waals surface area contributed by atoms with E-state index >= 15 is 0 Å². The summed E-state index contributed by atoms with van der Waals surface area (Å²) in [5.74, 6) is 0.375. The number of hydrogen-bond acceptors (Lipinski definition) is 6. The number of carbonyl (C=O) groups excluding carboxylic acids is 2. The van der Waals surface area contributed by atoms with Gasteiger partial charge in [-0.15, -0.1) is 0 Å². The van der Waals surface area contributed by atoms with Gasteiger partial charge in [-0.2, -0.15) is 0 Å². The maximum atomic E-state index is 13.1. The average molecular weight is 437 g/mol. The number of benzene rings is 2. The van der Waals surface area contributed by atoms with Crippen LogP contribution in [-0.4, -0.2) is 48.6 Å². The summed E-state index contributed by atoms with van der Waals surface area (Å²) in [5, 5.41) is 11.3. The van der Waals surface area contributed by atoms with Gasteiger partial charge in [-0.3, -0.25) is 9.59 Å². The first-order valence-corrected chi connectivity index (χ1v) is 10.7. The molecule has 168 valence electrons. The fourth-order valence-electron chi connectivity index (χ4n) is 4.34. The molecule has 7 nitrogen and oxygen atoms in total. The monoisotopic (exact) mass is 437 g/mol. The summed E-state index contributed by atoms with van der Waals surface area (Å²) in [7, 11) is 1.58. The molecule has 1 unspecified atom stereocenters. The Labute approximate surface area is 187 Å². The lowest BCUT2D eigenvalue weighted by molar-refractivity contribution is -0.139. The van der Waals surface area contributed by atoms with E-state index in [2.05, 4.69) is 0 Å². The molecule has 1 amide bonds. The summed E-state index contributed by atoms with van der Waals surface area (Å²) < 4.78 is 16.7. The summed E-state index contributed by atoms with van der Waals surface area (Å²) in [6.07, 6.45) is 0.675. The summed E-state index contributed by atoms with van der Waals surface area (Å²) in [6.45, 7) is 6.92. The molecule has 7 heteroatoms. The van der Waals surface area contributed by atoms with Crippen molar-refractivity contribution in [1.82, 2.24) is 4.90 Å². The van der Waals surface area contributed by atoms with Gasteiger partial charge in [0.25, 0.3) is 11.7 Å². The molecule has 2 aliphatic heterocycles. The molecule has 0 radical (unpaired) electrons. The van der Waals surface area contributed by atoms with Gasteiger partial charge < -0.3 is 24.2 Å². The van der Waals surface area contributed by atoms with Crippen LogP contribution < -0.4 is 14.2 Å². The molecule has 32 heavy (non-hydrogen) atoms. The van der Waals surface area contributed by atoms with Crippen LogP contribution in [0.3, 0.4) is 0 Å². The summed E-state index contributed by atoms with van der Waals surface area (Å²) in [6, 6.07) is 8.24. The molecular weight excluding hydrogens is 410 g/mol. The van der Waals surface area contributed by atoms with Gasteiger partial charge in [0.05, 0.1) is 18.7 Å². The number of aryl methyl sites for hydroxylation is 2. The van der Waals surface area contributed by atoms with Crippen molar-refractivity contribution in [2.45, 2.75) is 33.2 Å². The number of rotatable bonds is 5. The number of nitrogens with zero attached hydrogens (tertiary/aromatic N) is 1. The van der Waals surface area contributed by atoms with E-state index in [1.807, 2.05) is 32.9 Å². The number of likely N-dealkylation sites (tertiary alicyclic amines) is 1. The zero-order valence-electron chi connectivity index (χ0n) is 18.7. The third-order valence-electron chi connectivity index (χ3n) is 5.88. The van der Waals surface area contributed by atoms with Gasteiger partial charge >= 0.3 is 0 Å². The summed E-state index contributed by atoms with van der Waals surface area (Å²) in [5.41, 5.74) is 2.82. The molecule has 0 bridgehead atoms. The maximum absolute atomic E-state index is 13.1. The second-order valence-electron chi connectivity index (χ2n) is 8.03. The molecule has 2 aliphatic rings. The molecule has 1 fully saturated rings. The number of hydrogen-bond donors (Lipinski definition) is 1. The van der Waals surface area contributed by atoms with Crippen LogP contribution in [0.2, 0.25) is 0 Å². The minimum absolute atomic E-state index is 0.0767. The van der Waals surface area contributed by atoms with Gasteiger partial charge in [-0.25, -0.2) is 0 Å². The number of aliphatic hydroxyl groups is 1. The molecule has 2 aromatic carbocycles. The van der Waals surface area contributed by atoms with Crippen molar-refractivity contribution in [3.8, 4) is 17.2 Å². The lowest BCUT2D eigenvalue weighted by Gasteiger charge is -2.26. The Bertz CT molecular complexity index is 1120. The van der Waals surface area contributed by atoms with Crippen molar-refractivity contribution >= 4 is 17.4 Å². The Hall–Kier alpha value is -3.48. The Morgan fingerprint density at radius 1 is 1.09 bits per heavy atom. The topological polar surface area (TPSA) is 85.3 Å². The number of ketones is 1. The zero-order valence-corrected chi connectivity index (χ0v) is 18.7. The van der Waals surface area contributed by atoms with Gasteiger partial charge in [-0.05, 0) is 61.2 Å². The third kappa shape index (κ3) is 3.57. The van der Waals surface area contributed by atoms with E-state index in [0.717, 1.165) is 11.1 Å². The normalized spacial score (nSPS) is 19.4. The van der Waals surface area contributed by atoms with Crippen LogP contribution in [0.15, 0.2) is 35.9 Å². The van der Waals surface area contributed by atoms with Crippen LogP contribution in [0.5, 0.6) is 17.2 Å². The number of fused-ring (bicyclic) bond motifs is 1.